The second-order valence-electron chi connectivity index (χ2n) is 7.80. The second kappa shape index (κ2) is 10.4. The largest absolute Gasteiger partial charge is 0.480 e. The van der Waals surface area contributed by atoms with Crippen LogP contribution >= 0.6 is 11.6 Å². The number of aryl methyl sites for hydroxylation is 1. The fourth-order valence-corrected chi connectivity index (χ4v) is 4.15. The number of fused-ring (bicyclic) bond motifs is 1. The van der Waals surface area contributed by atoms with E-state index in [1.807, 2.05) is 13.0 Å². The van der Waals surface area contributed by atoms with Gasteiger partial charge < -0.3 is 16.2 Å². The zero-order valence-electron chi connectivity index (χ0n) is 17.9. The van der Waals surface area contributed by atoms with Gasteiger partial charge in [0, 0.05) is 23.2 Å². The van der Waals surface area contributed by atoms with Crippen LogP contribution in [0.3, 0.4) is 0 Å². The van der Waals surface area contributed by atoms with Crippen LogP contribution in [0, 0.1) is 18.2 Å². The molecule has 2 aliphatic rings. The van der Waals surface area contributed by atoms with Gasteiger partial charge in [-0.25, -0.2) is 14.6 Å². The van der Waals surface area contributed by atoms with Crippen molar-refractivity contribution in [2.24, 2.45) is 10.8 Å². The number of nitrogens with zero attached hydrogens (tertiary/aromatic N) is 2. The number of carbonyl (C=O) groups is 2. The number of carboxylic acids is 1. The van der Waals surface area contributed by atoms with E-state index >= 15 is 0 Å². The molecule has 4 rings (SSSR count). The van der Waals surface area contributed by atoms with Crippen molar-refractivity contribution in [2.45, 2.75) is 44.6 Å². The molecule has 1 saturated heterocycles. The molecule has 1 aromatic carbocycles. The minimum atomic E-state index is -0.944. The molecule has 0 radical (unpaired) electrons. The summed E-state index contributed by atoms with van der Waals surface area (Å²) in [7, 11) is 0. The number of pyridine rings is 1. The van der Waals surface area contributed by atoms with Gasteiger partial charge in [0.15, 0.2) is 0 Å². The first kappa shape index (κ1) is 24.1. The van der Waals surface area contributed by atoms with Gasteiger partial charge >= 0.3 is 5.97 Å². The predicted molar refractivity (Wildman–Crippen MR) is 122 cm³/mol. The summed E-state index contributed by atoms with van der Waals surface area (Å²) >= 11 is 6.27. The minimum absolute atomic E-state index is 0.0393. The third-order valence-corrected chi connectivity index (χ3v) is 5.75. The third-order valence-electron chi connectivity index (χ3n) is 5.41. The van der Waals surface area contributed by atoms with Gasteiger partial charge in [0.25, 0.3) is 0 Å². The van der Waals surface area contributed by atoms with E-state index in [2.05, 4.69) is 20.8 Å². The summed E-state index contributed by atoms with van der Waals surface area (Å²) in [6, 6.07) is 5.65. The van der Waals surface area contributed by atoms with Gasteiger partial charge in [-0.1, -0.05) is 11.6 Å². The molecule has 0 spiro atoms. The number of hydrogen-bond acceptors (Lipinski definition) is 5. The molecular weight excluding hydrogens is 451 g/mol. The number of rotatable bonds is 3. The SMILES string of the molecule is Cc1ccnc2c1C(=NNC(=N)N)CC(c1cc(F)ccc1Cl)C2.O=C1CC[C@H](C(=O)O)N1. The molecule has 2 heterocycles. The molecule has 1 aromatic heterocycles. The van der Waals surface area contributed by atoms with E-state index < -0.39 is 12.0 Å². The Morgan fingerprint density at radius 1 is 1.39 bits per heavy atom. The molecule has 1 unspecified atom stereocenters. The van der Waals surface area contributed by atoms with Crippen LogP contribution in [0.25, 0.3) is 0 Å². The lowest BCUT2D eigenvalue weighted by Crippen LogP contribution is -2.32. The Morgan fingerprint density at radius 2 is 2.15 bits per heavy atom. The lowest BCUT2D eigenvalue weighted by atomic mass is 9.80. The Labute approximate surface area is 194 Å². The maximum absolute atomic E-state index is 13.7. The first-order valence-electron chi connectivity index (χ1n) is 10.2. The number of carbonyl (C=O) groups excluding carboxylic acids is 1. The van der Waals surface area contributed by atoms with Crippen LogP contribution in [0.2, 0.25) is 5.02 Å². The number of hydrazone groups is 1. The smallest absolute Gasteiger partial charge is 0.326 e. The normalized spacial score (nSPS) is 20.3. The Balaban J connectivity index is 0.000000286. The molecule has 33 heavy (non-hydrogen) atoms. The van der Waals surface area contributed by atoms with E-state index in [1.165, 1.54) is 12.1 Å². The standard InChI is InChI=1S/C17H17ClFN5.C5H7NO3/c1-9-4-5-22-14-6-10(12-8-11(19)2-3-13(12)18)7-15(16(9)14)23-24-17(20)21;7-4-2-1-3(6-4)5(8)9/h2-5,8,10H,6-7H2,1H3,(H4,20,21,24);3H,1-2H2,(H,6,7)(H,8,9)/t;3-/m.1/s1. The minimum Gasteiger partial charge on any atom is -0.480 e. The van der Waals surface area contributed by atoms with Crippen LogP contribution in [0.1, 0.15) is 47.6 Å². The first-order valence-corrected chi connectivity index (χ1v) is 10.6. The molecule has 1 aliphatic heterocycles. The van der Waals surface area contributed by atoms with E-state index in [-0.39, 0.29) is 23.6 Å². The Morgan fingerprint density at radius 3 is 2.76 bits per heavy atom. The maximum Gasteiger partial charge on any atom is 0.326 e. The number of hydrogen-bond donors (Lipinski definition) is 5. The number of guanidine groups is 1. The topological polar surface area (TPSA) is 154 Å². The molecule has 11 heteroatoms. The van der Waals surface area contributed by atoms with Crippen LogP contribution in [-0.2, 0) is 16.0 Å². The number of benzene rings is 1. The van der Waals surface area contributed by atoms with E-state index in [0.29, 0.717) is 30.7 Å². The lowest BCUT2D eigenvalue weighted by Gasteiger charge is -2.27. The highest BCUT2D eigenvalue weighted by atomic mass is 35.5. The Kier molecular flexibility index (Phi) is 7.59. The molecule has 0 bridgehead atoms. The summed E-state index contributed by atoms with van der Waals surface area (Å²) in [6.07, 6.45) is 3.73. The highest BCUT2D eigenvalue weighted by molar-refractivity contribution is 6.31. The number of aromatic nitrogens is 1. The van der Waals surface area contributed by atoms with E-state index in [4.69, 9.17) is 27.9 Å². The summed E-state index contributed by atoms with van der Waals surface area (Å²) in [5.41, 5.74) is 12.2. The molecule has 174 valence electrons. The van der Waals surface area contributed by atoms with Crippen molar-refractivity contribution in [3.63, 3.8) is 0 Å². The third kappa shape index (κ3) is 6.04. The van der Waals surface area contributed by atoms with Crippen molar-refractivity contribution >= 4 is 35.1 Å². The highest BCUT2D eigenvalue weighted by Gasteiger charge is 2.29. The summed E-state index contributed by atoms with van der Waals surface area (Å²) in [4.78, 5) is 25.0. The van der Waals surface area contributed by atoms with Gasteiger partial charge in [-0.05, 0) is 67.5 Å². The number of nitrogens with one attached hydrogen (secondary N) is 3. The fourth-order valence-electron chi connectivity index (χ4n) is 3.88. The molecule has 9 nitrogen and oxygen atoms in total. The molecule has 2 atom stereocenters. The number of halogens is 2. The van der Waals surface area contributed by atoms with Crippen molar-refractivity contribution in [2.75, 3.05) is 0 Å². The van der Waals surface area contributed by atoms with Gasteiger partial charge in [-0.3, -0.25) is 15.2 Å². The predicted octanol–water partition coefficient (Wildman–Crippen LogP) is 2.45. The lowest BCUT2D eigenvalue weighted by molar-refractivity contribution is -0.140. The second-order valence-corrected chi connectivity index (χ2v) is 8.21. The van der Waals surface area contributed by atoms with Gasteiger partial charge in [0.2, 0.25) is 11.9 Å². The van der Waals surface area contributed by atoms with Crippen molar-refractivity contribution in [3.8, 4) is 0 Å². The van der Waals surface area contributed by atoms with Crippen LogP contribution in [-0.4, -0.2) is 39.7 Å². The van der Waals surface area contributed by atoms with Crippen LogP contribution < -0.4 is 16.5 Å². The van der Waals surface area contributed by atoms with Crippen molar-refractivity contribution in [1.82, 2.24) is 15.7 Å². The Bertz CT molecular complexity index is 1120. The average molecular weight is 475 g/mol. The first-order chi connectivity index (χ1) is 15.7. The van der Waals surface area contributed by atoms with Gasteiger partial charge in [-0.2, -0.15) is 5.10 Å². The zero-order chi connectivity index (χ0) is 24.1. The van der Waals surface area contributed by atoms with Crippen LogP contribution in [0.4, 0.5) is 4.39 Å². The summed E-state index contributed by atoms with van der Waals surface area (Å²) in [5.74, 6) is -1.71. The van der Waals surface area contributed by atoms with E-state index in [0.717, 1.165) is 28.1 Å². The summed E-state index contributed by atoms with van der Waals surface area (Å²) in [5, 5.41) is 22.7. The van der Waals surface area contributed by atoms with E-state index in [9.17, 15) is 14.0 Å². The highest BCUT2D eigenvalue weighted by Crippen LogP contribution is 2.36. The van der Waals surface area contributed by atoms with Crippen LogP contribution in [0.15, 0.2) is 35.6 Å². The molecule has 6 N–H and O–H groups in total. The van der Waals surface area contributed by atoms with Crippen LogP contribution in [0.5, 0.6) is 0 Å². The maximum atomic E-state index is 13.7. The number of carboxylic acid groups (broad SMARTS) is 1. The molecule has 1 amide bonds. The average Bonchev–Trinajstić information content (AvgIpc) is 3.21. The van der Waals surface area contributed by atoms with E-state index in [1.54, 1.807) is 12.3 Å². The van der Waals surface area contributed by atoms with Gasteiger partial charge in [0.1, 0.15) is 11.9 Å². The van der Waals surface area contributed by atoms with Crippen molar-refractivity contribution in [1.29, 1.82) is 5.41 Å². The molecule has 1 fully saturated rings. The quantitative estimate of drug-likeness (QED) is 0.261. The molecule has 1 aliphatic carbocycles. The zero-order valence-corrected chi connectivity index (χ0v) is 18.6. The summed E-state index contributed by atoms with van der Waals surface area (Å²) in [6.45, 7) is 1.99. The van der Waals surface area contributed by atoms with Crippen molar-refractivity contribution in [3.05, 3.63) is 63.7 Å². The van der Waals surface area contributed by atoms with Gasteiger partial charge in [-0.15, -0.1) is 0 Å². The number of aliphatic carboxylic acids is 1. The molecule has 0 saturated carbocycles. The number of amides is 1. The fraction of sp³-hybridized carbons (Fsp3) is 0.318. The Hall–Kier alpha value is -3.53. The van der Waals surface area contributed by atoms with Gasteiger partial charge in [0.05, 0.1) is 11.4 Å². The summed E-state index contributed by atoms with van der Waals surface area (Å²) < 4.78 is 13.7. The monoisotopic (exact) mass is 474 g/mol. The molecular formula is C22H24ClFN6O3. The number of nitrogens with two attached hydrogens (primary N) is 1. The van der Waals surface area contributed by atoms with Crippen molar-refractivity contribution < 1.29 is 19.1 Å². The molecule has 2 aromatic rings.